The van der Waals surface area contributed by atoms with E-state index in [1.54, 1.807) is 12.1 Å². The number of hydrogen-bond donors (Lipinski definition) is 0. The number of rotatable bonds is 19. The summed E-state index contributed by atoms with van der Waals surface area (Å²) in [4.78, 5) is 11.8. The molecule has 0 atom stereocenters. The van der Waals surface area contributed by atoms with Crippen molar-refractivity contribution < 1.29 is 14.3 Å². The first-order valence-electron chi connectivity index (χ1n) is 12.2. The molecule has 4 heteroatoms. The lowest BCUT2D eigenvalue weighted by atomic mass is 10.0. The normalized spacial score (nSPS) is 10.9. The van der Waals surface area contributed by atoms with Crippen LogP contribution in [-0.4, -0.2) is 19.2 Å². The van der Waals surface area contributed by atoms with Gasteiger partial charge in [-0.1, -0.05) is 108 Å². The molecule has 0 aliphatic heterocycles. The minimum Gasteiger partial charge on any atom is -0.482 e. The second-order valence-corrected chi connectivity index (χ2v) is 8.81. The van der Waals surface area contributed by atoms with Gasteiger partial charge in [0.25, 0.3) is 0 Å². The lowest BCUT2D eigenvalue weighted by Crippen LogP contribution is -2.15. The Kier molecular flexibility index (Phi) is 16.6. The molecule has 0 heterocycles. The highest BCUT2D eigenvalue weighted by Crippen LogP contribution is 2.21. The molecule has 172 valence electrons. The summed E-state index contributed by atoms with van der Waals surface area (Å²) in [5.41, 5.74) is 0.915. The Labute approximate surface area is 189 Å². The molecule has 1 rings (SSSR count). The molecule has 0 spiro atoms. The van der Waals surface area contributed by atoms with Gasteiger partial charge in [0.05, 0.1) is 6.61 Å². The summed E-state index contributed by atoms with van der Waals surface area (Å²) in [6, 6.07) is 5.35. The predicted octanol–water partition coefficient (Wildman–Crippen LogP) is 8.44. The number of aryl methyl sites for hydroxylation is 1. The van der Waals surface area contributed by atoms with Gasteiger partial charge in [-0.2, -0.15) is 0 Å². The molecular weight excluding hydrogens is 396 g/mol. The maximum atomic E-state index is 11.8. The summed E-state index contributed by atoms with van der Waals surface area (Å²) >= 11 is 5.91. The van der Waals surface area contributed by atoms with Crippen LogP contribution in [0.3, 0.4) is 0 Å². The van der Waals surface area contributed by atoms with Crippen molar-refractivity contribution in [2.75, 3.05) is 13.2 Å². The maximum absolute atomic E-state index is 11.8. The van der Waals surface area contributed by atoms with E-state index in [0.29, 0.717) is 17.4 Å². The molecule has 0 saturated carbocycles. The lowest BCUT2D eigenvalue weighted by Gasteiger charge is -2.09. The van der Waals surface area contributed by atoms with Crippen LogP contribution in [0.2, 0.25) is 5.02 Å². The quantitative estimate of drug-likeness (QED) is 0.160. The Morgan fingerprint density at radius 2 is 1.30 bits per heavy atom. The molecule has 0 aromatic heterocycles. The molecule has 0 N–H and O–H groups in total. The van der Waals surface area contributed by atoms with Crippen LogP contribution >= 0.6 is 11.6 Å². The molecule has 0 saturated heterocycles. The smallest absolute Gasteiger partial charge is 0.344 e. The van der Waals surface area contributed by atoms with Gasteiger partial charge in [-0.15, -0.1) is 0 Å². The number of unbranched alkanes of at least 4 members (excludes halogenated alkanes) is 14. The number of hydrogen-bond acceptors (Lipinski definition) is 3. The fourth-order valence-corrected chi connectivity index (χ4v) is 3.84. The SMILES string of the molecule is CCCCCCCCCCCCCCCCCOC(=O)COc1ccc(Cl)cc1C. The third-order valence-corrected chi connectivity index (χ3v) is 5.73. The van der Waals surface area contributed by atoms with E-state index >= 15 is 0 Å². The molecular formula is C26H43ClO3. The van der Waals surface area contributed by atoms with Gasteiger partial charge in [-0.05, 0) is 37.1 Å². The predicted molar refractivity (Wildman–Crippen MR) is 128 cm³/mol. The van der Waals surface area contributed by atoms with Crippen molar-refractivity contribution in [3.05, 3.63) is 28.8 Å². The second kappa shape index (κ2) is 18.5. The highest BCUT2D eigenvalue weighted by Gasteiger charge is 2.06. The zero-order valence-electron chi connectivity index (χ0n) is 19.4. The minimum absolute atomic E-state index is 0.0544. The highest BCUT2D eigenvalue weighted by atomic mass is 35.5. The number of ether oxygens (including phenoxy) is 2. The van der Waals surface area contributed by atoms with Crippen molar-refractivity contribution in [1.29, 1.82) is 0 Å². The Balaban J connectivity index is 1.83. The van der Waals surface area contributed by atoms with Gasteiger partial charge >= 0.3 is 5.97 Å². The van der Waals surface area contributed by atoms with Gasteiger partial charge < -0.3 is 9.47 Å². The minimum atomic E-state index is -0.310. The molecule has 0 unspecified atom stereocenters. The Bertz CT molecular complexity index is 559. The molecule has 0 radical (unpaired) electrons. The van der Waals surface area contributed by atoms with E-state index in [0.717, 1.165) is 18.4 Å². The van der Waals surface area contributed by atoms with Crippen molar-refractivity contribution >= 4 is 17.6 Å². The van der Waals surface area contributed by atoms with Crippen LogP contribution < -0.4 is 4.74 Å². The zero-order valence-corrected chi connectivity index (χ0v) is 20.1. The van der Waals surface area contributed by atoms with Crippen molar-refractivity contribution in [3.8, 4) is 5.75 Å². The van der Waals surface area contributed by atoms with Gasteiger partial charge in [-0.25, -0.2) is 4.79 Å². The van der Waals surface area contributed by atoms with Crippen molar-refractivity contribution in [1.82, 2.24) is 0 Å². The van der Waals surface area contributed by atoms with Gasteiger partial charge in [0.15, 0.2) is 6.61 Å². The third-order valence-electron chi connectivity index (χ3n) is 5.49. The first-order valence-corrected chi connectivity index (χ1v) is 12.6. The molecule has 30 heavy (non-hydrogen) atoms. The number of carbonyl (C=O) groups is 1. The van der Waals surface area contributed by atoms with Gasteiger partial charge in [-0.3, -0.25) is 0 Å². The van der Waals surface area contributed by atoms with Gasteiger partial charge in [0.1, 0.15) is 5.75 Å². The molecule has 0 bridgehead atoms. The molecule has 0 fully saturated rings. The van der Waals surface area contributed by atoms with Crippen molar-refractivity contribution in [2.24, 2.45) is 0 Å². The van der Waals surface area contributed by atoms with E-state index in [4.69, 9.17) is 21.1 Å². The molecule has 0 aliphatic rings. The van der Waals surface area contributed by atoms with Gasteiger partial charge in [0.2, 0.25) is 0 Å². The van der Waals surface area contributed by atoms with E-state index in [2.05, 4.69) is 6.92 Å². The van der Waals surface area contributed by atoms with Gasteiger partial charge in [0, 0.05) is 5.02 Å². The summed E-state index contributed by atoms with van der Waals surface area (Å²) in [5.74, 6) is 0.359. The summed E-state index contributed by atoms with van der Waals surface area (Å²) in [6.45, 7) is 4.61. The van der Waals surface area contributed by atoms with Crippen LogP contribution in [0.5, 0.6) is 5.75 Å². The first kappa shape index (κ1) is 26.8. The van der Waals surface area contributed by atoms with E-state index in [1.165, 1.54) is 83.5 Å². The first-order chi connectivity index (χ1) is 14.6. The van der Waals surface area contributed by atoms with E-state index in [1.807, 2.05) is 13.0 Å². The van der Waals surface area contributed by atoms with Crippen LogP contribution in [0.1, 0.15) is 109 Å². The van der Waals surface area contributed by atoms with Crippen molar-refractivity contribution in [2.45, 2.75) is 110 Å². The largest absolute Gasteiger partial charge is 0.482 e. The molecule has 1 aromatic carbocycles. The molecule has 0 aliphatic carbocycles. The zero-order chi connectivity index (χ0) is 21.9. The maximum Gasteiger partial charge on any atom is 0.344 e. The van der Waals surface area contributed by atoms with Crippen LogP contribution in [0.4, 0.5) is 0 Å². The summed E-state index contributed by atoms with van der Waals surface area (Å²) in [6.07, 6.45) is 19.9. The number of halogens is 1. The van der Waals surface area contributed by atoms with E-state index in [-0.39, 0.29) is 12.6 Å². The summed E-state index contributed by atoms with van der Waals surface area (Å²) in [7, 11) is 0. The number of esters is 1. The number of carbonyl (C=O) groups excluding carboxylic acids is 1. The summed E-state index contributed by atoms with van der Waals surface area (Å²) < 4.78 is 10.8. The Morgan fingerprint density at radius 3 is 1.80 bits per heavy atom. The molecule has 0 amide bonds. The topological polar surface area (TPSA) is 35.5 Å². The third kappa shape index (κ3) is 14.7. The fraction of sp³-hybridized carbons (Fsp3) is 0.731. The van der Waals surface area contributed by atoms with Crippen molar-refractivity contribution in [3.63, 3.8) is 0 Å². The number of benzene rings is 1. The van der Waals surface area contributed by atoms with E-state index < -0.39 is 0 Å². The lowest BCUT2D eigenvalue weighted by molar-refractivity contribution is -0.146. The van der Waals surface area contributed by atoms with Crippen LogP contribution in [0, 0.1) is 6.92 Å². The van der Waals surface area contributed by atoms with E-state index in [9.17, 15) is 4.79 Å². The monoisotopic (exact) mass is 438 g/mol. The van der Waals surface area contributed by atoms with Crippen LogP contribution in [-0.2, 0) is 9.53 Å². The molecule has 1 aromatic rings. The molecule has 3 nitrogen and oxygen atoms in total. The average molecular weight is 439 g/mol. The average Bonchev–Trinajstić information content (AvgIpc) is 2.73. The highest BCUT2D eigenvalue weighted by molar-refractivity contribution is 6.30. The van der Waals surface area contributed by atoms with Crippen LogP contribution in [0.25, 0.3) is 0 Å². The summed E-state index contributed by atoms with van der Waals surface area (Å²) in [5, 5.41) is 0.663. The Morgan fingerprint density at radius 1 is 0.800 bits per heavy atom. The second-order valence-electron chi connectivity index (χ2n) is 8.37. The fourth-order valence-electron chi connectivity index (χ4n) is 3.61. The van der Waals surface area contributed by atoms with Crippen LogP contribution in [0.15, 0.2) is 18.2 Å². The standard InChI is InChI=1S/C26H43ClO3/c1-3-4-5-6-7-8-9-10-11-12-13-14-15-16-17-20-29-26(28)22-30-25-19-18-24(27)21-23(25)2/h18-19,21H,3-17,20,22H2,1-2H3. The Hall–Kier alpha value is -1.22.